The van der Waals surface area contributed by atoms with Gasteiger partial charge < -0.3 is 4.84 Å². The summed E-state index contributed by atoms with van der Waals surface area (Å²) in [4.78, 5) is 16.1. The van der Waals surface area contributed by atoms with Gasteiger partial charge in [-0.15, -0.1) is 0 Å². The smallest absolute Gasteiger partial charge is 0.257 e. The standard InChI is InChI=1S/C10H6ClNO2/c11-5-4-7-2-1-3-9-8(7)6-10(13)12-14-9/h1-3H,6H2,(H,12,13). The van der Waals surface area contributed by atoms with Gasteiger partial charge in [0.25, 0.3) is 5.91 Å². The average molecular weight is 208 g/mol. The molecule has 4 heteroatoms. The number of rotatable bonds is 0. The summed E-state index contributed by atoms with van der Waals surface area (Å²) in [5, 5.41) is 2.28. The molecule has 1 aliphatic rings. The van der Waals surface area contributed by atoms with Crippen LogP contribution in [-0.2, 0) is 11.2 Å². The lowest BCUT2D eigenvalue weighted by Crippen LogP contribution is -2.33. The van der Waals surface area contributed by atoms with Gasteiger partial charge in [-0.1, -0.05) is 6.07 Å². The first kappa shape index (κ1) is 8.92. The Hall–Kier alpha value is -1.66. The van der Waals surface area contributed by atoms with Crippen molar-refractivity contribution in [2.24, 2.45) is 0 Å². The molecule has 0 fully saturated rings. The molecule has 0 saturated heterocycles. The summed E-state index contributed by atoms with van der Waals surface area (Å²) in [6, 6.07) is 5.37. The summed E-state index contributed by atoms with van der Waals surface area (Å²) >= 11 is 5.31. The SMILES string of the molecule is O=C1Cc2c(C#CCl)cccc2ON1. The molecule has 0 aliphatic carbocycles. The number of fused-ring (bicyclic) bond motifs is 1. The van der Waals surface area contributed by atoms with Gasteiger partial charge in [0.1, 0.15) is 0 Å². The second-order valence-corrected chi connectivity index (χ2v) is 2.99. The number of nitrogens with one attached hydrogen (secondary N) is 1. The molecular weight excluding hydrogens is 202 g/mol. The van der Waals surface area contributed by atoms with Crippen LogP contribution in [0.3, 0.4) is 0 Å². The molecule has 3 nitrogen and oxygen atoms in total. The molecule has 1 N–H and O–H groups in total. The molecule has 1 amide bonds. The first-order valence-corrected chi connectivity index (χ1v) is 4.38. The number of hydroxylamine groups is 1. The molecule has 0 spiro atoms. The molecule has 0 atom stereocenters. The Morgan fingerprint density at radius 3 is 3.14 bits per heavy atom. The van der Waals surface area contributed by atoms with Crippen LogP contribution in [0.4, 0.5) is 0 Å². The second kappa shape index (κ2) is 3.60. The van der Waals surface area contributed by atoms with Crippen molar-refractivity contribution in [2.45, 2.75) is 6.42 Å². The van der Waals surface area contributed by atoms with E-state index in [1.54, 1.807) is 18.2 Å². The van der Waals surface area contributed by atoms with E-state index in [0.717, 1.165) is 11.1 Å². The van der Waals surface area contributed by atoms with Crippen molar-refractivity contribution < 1.29 is 9.63 Å². The quantitative estimate of drug-likeness (QED) is 0.650. The van der Waals surface area contributed by atoms with Crippen molar-refractivity contribution in [1.29, 1.82) is 0 Å². The first-order valence-electron chi connectivity index (χ1n) is 4.00. The highest BCUT2D eigenvalue weighted by Crippen LogP contribution is 2.24. The first-order chi connectivity index (χ1) is 6.81. The molecule has 2 rings (SSSR count). The van der Waals surface area contributed by atoms with Gasteiger partial charge in [-0.25, -0.2) is 0 Å². The molecule has 1 aliphatic heterocycles. The van der Waals surface area contributed by atoms with Crippen LogP contribution in [0.2, 0.25) is 0 Å². The van der Waals surface area contributed by atoms with E-state index in [0.29, 0.717) is 5.75 Å². The highest BCUT2D eigenvalue weighted by Gasteiger charge is 2.18. The van der Waals surface area contributed by atoms with Gasteiger partial charge >= 0.3 is 0 Å². The zero-order valence-corrected chi connectivity index (χ0v) is 7.89. The number of carbonyl (C=O) groups is 1. The van der Waals surface area contributed by atoms with E-state index in [2.05, 4.69) is 16.8 Å². The Bertz CT molecular complexity index is 445. The number of halogens is 1. The summed E-state index contributed by atoms with van der Waals surface area (Å²) < 4.78 is 0. The van der Waals surface area contributed by atoms with E-state index in [-0.39, 0.29) is 12.3 Å². The fourth-order valence-electron chi connectivity index (χ4n) is 1.32. The van der Waals surface area contributed by atoms with Crippen molar-refractivity contribution in [2.75, 3.05) is 0 Å². The van der Waals surface area contributed by atoms with Crippen LogP contribution >= 0.6 is 11.6 Å². The van der Waals surface area contributed by atoms with E-state index < -0.39 is 0 Å². The lowest BCUT2D eigenvalue weighted by molar-refractivity contribution is -0.128. The molecule has 0 bridgehead atoms. The third-order valence-electron chi connectivity index (χ3n) is 1.93. The Morgan fingerprint density at radius 2 is 2.36 bits per heavy atom. The lowest BCUT2D eigenvalue weighted by Gasteiger charge is -2.17. The van der Waals surface area contributed by atoms with Crippen molar-refractivity contribution in [1.82, 2.24) is 5.48 Å². The van der Waals surface area contributed by atoms with E-state index in [1.165, 1.54) is 0 Å². The van der Waals surface area contributed by atoms with Crippen LogP contribution < -0.4 is 10.3 Å². The van der Waals surface area contributed by atoms with Crippen molar-refractivity contribution in [3.8, 4) is 17.0 Å². The Labute approximate surface area is 86.0 Å². The zero-order valence-electron chi connectivity index (χ0n) is 7.13. The van der Waals surface area contributed by atoms with Crippen LogP contribution in [0.1, 0.15) is 11.1 Å². The van der Waals surface area contributed by atoms with Crippen LogP contribution in [0.25, 0.3) is 0 Å². The molecule has 0 saturated carbocycles. The predicted molar refractivity (Wildman–Crippen MR) is 51.6 cm³/mol. The van der Waals surface area contributed by atoms with Crippen LogP contribution in [0, 0.1) is 11.3 Å². The molecule has 1 aromatic rings. The maximum Gasteiger partial charge on any atom is 0.257 e. The number of benzene rings is 1. The number of hydrogen-bond acceptors (Lipinski definition) is 2. The fourth-order valence-corrected chi connectivity index (χ4v) is 1.42. The van der Waals surface area contributed by atoms with E-state index in [4.69, 9.17) is 16.4 Å². The number of carbonyl (C=O) groups excluding carboxylic acids is 1. The molecular formula is C10H6ClNO2. The van der Waals surface area contributed by atoms with Crippen LogP contribution in [0.5, 0.6) is 5.75 Å². The Kier molecular flexibility index (Phi) is 2.30. The van der Waals surface area contributed by atoms with Gasteiger partial charge in [-0.2, -0.15) is 5.48 Å². The van der Waals surface area contributed by atoms with Crippen molar-refractivity contribution in [3.63, 3.8) is 0 Å². The average Bonchev–Trinajstić information content (AvgIpc) is 2.19. The minimum absolute atomic E-state index is 0.179. The third kappa shape index (κ3) is 1.52. The predicted octanol–water partition coefficient (Wildman–Crippen LogP) is 1.20. The second-order valence-electron chi connectivity index (χ2n) is 2.81. The summed E-state index contributed by atoms with van der Waals surface area (Å²) in [5.41, 5.74) is 3.80. The number of hydrogen-bond donors (Lipinski definition) is 1. The van der Waals surface area contributed by atoms with Crippen LogP contribution in [-0.4, -0.2) is 5.91 Å². The maximum absolute atomic E-state index is 11.1. The number of amides is 1. The summed E-state index contributed by atoms with van der Waals surface area (Å²) in [7, 11) is 0. The summed E-state index contributed by atoms with van der Waals surface area (Å²) in [6.07, 6.45) is 0.275. The normalized spacial score (nSPS) is 13.1. The molecule has 0 aromatic heterocycles. The third-order valence-corrected chi connectivity index (χ3v) is 2.02. The highest BCUT2D eigenvalue weighted by atomic mass is 35.5. The van der Waals surface area contributed by atoms with Gasteiger partial charge in [-0.05, 0) is 29.7 Å². The summed E-state index contributed by atoms with van der Waals surface area (Å²) in [5.74, 6) is 3.16. The van der Waals surface area contributed by atoms with Crippen LogP contribution in [0.15, 0.2) is 18.2 Å². The van der Waals surface area contributed by atoms with E-state index in [1.807, 2.05) is 0 Å². The molecule has 14 heavy (non-hydrogen) atoms. The van der Waals surface area contributed by atoms with Gasteiger partial charge in [0.2, 0.25) is 0 Å². The molecule has 1 aromatic carbocycles. The molecule has 0 unspecified atom stereocenters. The largest absolute Gasteiger partial charge is 0.379 e. The topological polar surface area (TPSA) is 38.3 Å². The van der Waals surface area contributed by atoms with Gasteiger partial charge in [0.15, 0.2) is 5.75 Å². The van der Waals surface area contributed by atoms with Crippen molar-refractivity contribution in [3.05, 3.63) is 29.3 Å². The summed E-state index contributed by atoms with van der Waals surface area (Å²) in [6.45, 7) is 0. The van der Waals surface area contributed by atoms with Gasteiger partial charge in [-0.3, -0.25) is 4.79 Å². The minimum atomic E-state index is -0.179. The lowest BCUT2D eigenvalue weighted by atomic mass is 10.0. The van der Waals surface area contributed by atoms with Crippen molar-refractivity contribution >= 4 is 17.5 Å². The fraction of sp³-hybridized carbons (Fsp3) is 0.100. The van der Waals surface area contributed by atoms with E-state index in [9.17, 15) is 4.79 Å². The molecule has 1 heterocycles. The Morgan fingerprint density at radius 1 is 1.50 bits per heavy atom. The molecule has 70 valence electrons. The van der Waals surface area contributed by atoms with Gasteiger partial charge in [0, 0.05) is 16.5 Å². The zero-order chi connectivity index (χ0) is 9.97. The molecule has 0 radical (unpaired) electrons. The van der Waals surface area contributed by atoms with E-state index >= 15 is 0 Å². The minimum Gasteiger partial charge on any atom is -0.379 e. The van der Waals surface area contributed by atoms with Gasteiger partial charge in [0.05, 0.1) is 6.42 Å². The maximum atomic E-state index is 11.1. The Balaban J connectivity index is 2.52. The highest BCUT2D eigenvalue weighted by molar-refractivity contribution is 6.30. The monoisotopic (exact) mass is 207 g/mol.